The van der Waals surface area contributed by atoms with E-state index in [-0.39, 0.29) is 0 Å². The second-order valence-corrected chi connectivity index (χ2v) is 0. The summed E-state index contributed by atoms with van der Waals surface area (Å²) in [6, 6.07) is 0. The Hall–Kier alpha value is 4.96. The summed E-state index contributed by atoms with van der Waals surface area (Å²) >= 11 is 10.4. The fraction of sp³-hybridized carbons (Fsp3) is 0. The van der Waals surface area contributed by atoms with Crippen molar-refractivity contribution in [1.29, 1.82) is 0 Å². The van der Waals surface area contributed by atoms with Crippen molar-refractivity contribution in [2.75, 3.05) is 0 Å². The first-order chi connectivity index (χ1) is 3.00. The maximum atomic E-state index is 2.32. The van der Waals surface area contributed by atoms with Crippen LogP contribution in [0.4, 0.5) is 0 Å². The van der Waals surface area contributed by atoms with Gasteiger partial charge in [0.2, 0.25) is 0 Å². The maximum absolute atomic E-state index is 2.32. The van der Waals surface area contributed by atoms with Crippen LogP contribution in [0, 0.1) is 0 Å². The average molecular weight is 994 g/mol. The molecule has 0 bridgehead atoms. The van der Waals surface area contributed by atoms with Gasteiger partial charge in [0.15, 0.2) is 0 Å². The van der Waals surface area contributed by atoms with E-state index in [4.69, 9.17) is 0 Å². The Kier molecular flexibility index (Phi) is 93.0. The van der Waals surface area contributed by atoms with E-state index in [1.165, 1.54) is 0 Å². The van der Waals surface area contributed by atoms with Crippen LogP contribution in [0.25, 0.3) is 0 Å². The van der Waals surface area contributed by atoms with E-state index in [2.05, 4.69) is 53.3 Å². The molecule has 30 valence electrons. The standard InChI is InChI=1S/3HI.3Tl/h3*1H;;;/q;;;3*+1/p-3. The molecule has 6 heteroatoms. The number of halogens is 3. The van der Waals surface area contributed by atoms with Gasteiger partial charge in [0.1, 0.15) is 0 Å². The van der Waals surface area contributed by atoms with E-state index < -0.39 is 0 Å². The van der Waals surface area contributed by atoms with E-state index >= 15 is 0 Å². The van der Waals surface area contributed by atoms with Crippen LogP contribution in [0.1, 0.15) is 0 Å². The Bertz CT molecular complexity index is 6.00. The molecule has 0 aliphatic carbocycles. The van der Waals surface area contributed by atoms with E-state index in [1.807, 2.05) is 0 Å². The quantitative estimate of drug-likeness (QED) is 0.256. The summed E-state index contributed by atoms with van der Waals surface area (Å²) in [7, 11) is 0. The molecule has 0 aromatic heterocycles. The van der Waals surface area contributed by atoms with Crippen molar-refractivity contribution >= 4 is 118 Å². The Labute approximate surface area is 114 Å². The van der Waals surface area contributed by atoms with Crippen LogP contribution in [-0.2, 0) is 0 Å². The van der Waals surface area contributed by atoms with Gasteiger partial charge in [-0.15, -0.1) is 0 Å². The summed E-state index contributed by atoms with van der Waals surface area (Å²) in [6.07, 6.45) is 0. The molecule has 0 amide bonds. The number of hydrogen-bond donors (Lipinski definition) is 0. The monoisotopic (exact) mass is 996 g/mol. The van der Waals surface area contributed by atoms with Crippen LogP contribution < -0.4 is 0 Å². The molecule has 0 aliphatic rings. The second kappa shape index (κ2) is 32.5. The van der Waals surface area contributed by atoms with E-state index in [1.54, 1.807) is 0 Å². The molecule has 0 aliphatic heterocycles. The van der Waals surface area contributed by atoms with Gasteiger partial charge in [0.05, 0.1) is 0 Å². The topological polar surface area (TPSA) is 0 Å². The molecule has 0 N–H and O–H groups in total. The van der Waals surface area contributed by atoms with Gasteiger partial charge in [-0.2, -0.15) is 0 Å². The van der Waals surface area contributed by atoms with Crippen LogP contribution in [-0.4, -0.2) is 64.4 Å². The molecule has 0 fully saturated rings. The van der Waals surface area contributed by atoms with Gasteiger partial charge in [-0.05, 0) is 0 Å². The van der Waals surface area contributed by atoms with Gasteiger partial charge >= 0.3 is 118 Å². The molecule has 0 radical (unpaired) electrons. The normalized spacial score (nSPS) is 2.00. The number of hydrogen-bond acceptors (Lipinski definition) is 0. The van der Waals surface area contributed by atoms with Crippen molar-refractivity contribution in [1.82, 2.24) is 0 Å². The summed E-state index contributed by atoms with van der Waals surface area (Å²) in [5.74, 6) is 0. The zero-order valence-electron chi connectivity index (χ0n) is 2.87. The molecule has 0 heterocycles. The van der Waals surface area contributed by atoms with Crippen molar-refractivity contribution in [3.05, 3.63) is 0 Å². The van der Waals surface area contributed by atoms with E-state index in [0.29, 0.717) is 0 Å². The van der Waals surface area contributed by atoms with Crippen LogP contribution in [0.5, 0.6) is 0 Å². The van der Waals surface area contributed by atoms with Crippen molar-refractivity contribution < 1.29 is 0 Å². The molecule has 6 heavy (non-hydrogen) atoms. The Morgan fingerprint density at radius 3 is 0.500 bits per heavy atom. The summed E-state index contributed by atoms with van der Waals surface area (Å²) in [5, 5.41) is 0. The summed E-state index contributed by atoms with van der Waals surface area (Å²) in [6.45, 7) is 0. The molecule has 0 aromatic rings. The molecule has 0 saturated carbocycles. The first kappa shape index (κ1) is 17.2. The van der Waals surface area contributed by atoms with Crippen molar-refractivity contribution in [2.24, 2.45) is 0 Å². The van der Waals surface area contributed by atoms with Crippen LogP contribution in [0.2, 0.25) is 0 Å². The third-order valence-corrected chi connectivity index (χ3v) is 0. The van der Waals surface area contributed by atoms with E-state index in [0.717, 1.165) is 64.4 Å². The average Bonchev–Trinajstić information content (AvgIpc) is 1.81. The molecule has 0 saturated heterocycles. The minimum absolute atomic E-state index is 1.14. The minimum atomic E-state index is 1.14. The van der Waals surface area contributed by atoms with E-state index in [9.17, 15) is 0 Å². The molecule has 0 nitrogen and oxygen atoms in total. The number of rotatable bonds is 0. The van der Waals surface area contributed by atoms with Crippen LogP contribution >= 0.6 is 53.3 Å². The molecule has 0 rings (SSSR count). The van der Waals surface area contributed by atoms with Crippen LogP contribution in [0.15, 0.2) is 0 Å². The fourth-order valence-corrected chi connectivity index (χ4v) is 0. The molecule has 0 spiro atoms. The van der Waals surface area contributed by atoms with Crippen molar-refractivity contribution in [3.63, 3.8) is 0 Å². The summed E-state index contributed by atoms with van der Waals surface area (Å²) < 4.78 is 0. The predicted octanol–water partition coefficient (Wildman–Crippen LogP) is 1.51. The summed E-state index contributed by atoms with van der Waals surface area (Å²) in [4.78, 5) is 0. The van der Waals surface area contributed by atoms with Gasteiger partial charge < -0.3 is 0 Å². The van der Waals surface area contributed by atoms with Gasteiger partial charge in [0, 0.05) is 0 Å². The summed E-state index contributed by atoms with van der Waals surface area (Å²) in [5.41, 5.74) is 0. The predicted molar refractivity (Wildman–Crippen MR) is 59.3 cm³/mol. The fourth-order valence-electron chi connectivity index (χ4n) is 0. The molecule has 0 unspecified atom stereocenters. The second-order valence-electron chi connectivity index (χ2n) is 0. The molecule has 0 atom stereocenters. The third kappa shape index (κ3) is 23.1. The van der Waals surface area contributed by atoms with Gasteiger partial charge in [-0.25, -0.2) is 0 Å². The molecular weight excluding hydrogens is 994 g/mol. The van der Waals surface area contributed by atoms with Gasteiger partial charge in [-0.3, -0.25) is 0 Å². The SMILES string of the molecule is [I][Tl].[I][Tl].[I][Tl]. The Balaban J connectivity index is -0.0000000225. The Morgan fingerprint density at radius 1 is 0.500 bits per heavy atom. The third-order valence-electron chi connectivity index (χ3n) is 0. The van der Waals surface area contributed by atoms with Crippen molar-refractivity contribution in [3.8, 4) is 0 Å². The van der Waals surface area contributed by atoms with Crippen molar-refractivity contribution in [2.45, 2.75) is 0 Å². The van der Waals surface area contributed by atoms with Gasteiger partial charge in [-0.1, -0.05) is 0 Å². The first-order valence-corrected chi connectivity index (χ1v) is 38.5. The zero-order valence-corrected chi connectivity index (χ0v) is 22.8. The first-order valence-electron chi connectivity index (χ1n) is 0.655. The van der Waals surface area contributed by atoms with Crippen LogP contribution in [0.3, 0.4) is 0 Å². The zero-order chi connectivity index (χ0) is 6.00. The molecular formula is I3Tl3. The van der Waals surface area contributed by atoms with Gasteiger partial charge in [0.25, 0.3) is 0 Å². The molecule has 0 aromatic carbocycles. The Morgan fingerprint density at radius 2 is 0.500 bits per heavy atom.